The molecular formula is C25H25ClFN3O4S. The highest BCUT2D eigenvalue weighted by Gasteiger charge is 2.31. The summed E-state index contributed by atoms with van der Waals surface area (Å²) in [7, 11) is -3.30. The maximum Gasteiger partial charge on any atom is 0.234 e. The normalized spacial score (nSPS) is 11.7. The van der Waals surface area contributed by atoms with Crippen molar-refractivity contribution in [1.29, 1.82) is 0 Å². The van der Waals surface area contributed by atoms with Crippen molar-refractivity contribution in [3.63, 3.8) is 0 Å². The zero-order valence-electron chi connectivity index (χ0n) is 19.4. The van der Waals surface area contributed by atoms with Crippen molar-refractivity contribution in [1.82, 2.24) is 4.98 Å². The van der Waals surface area contributed by atoms with Gasteiger partial charge in [0.1, 0.15) is 11.6 Å². The monoisotopic (exact) mass is 517 g/mol. The van der Waals surface area contributed by atoms with Crippen molar-refractivity contribution in [3.05, 3.63) is 82.8 Å². The van der Waals surface area contributed by atoms with Gasteiger partial charge >= 0.3 is 0 Å². The van der Waals surface area contributed by atoms with Gasteiger partial charge in [-0.05, 0) is 61.4 Å². The van der Waals surface area contributed by atoms with E-state index in [-0.39, 0.29) is 28.7 Å². The number of nitrogens with one attached hydrogen (secondary N) is 2. The Hall–Kier alpha value is -3.30. The first-order chi connectivity index (χ1) is 16.4. The van der Waals surface area contributed by atoms with Gasteiger partial charge in [0.05, 0.1) is 28.2 Å². The highest BCUT2D eigenvalue weighted by Crippen LogP contribution is 2.27. The molecule has 35 heavy (non-hydrogen) atoms. The zero-order valence-corrected chi connectivity index (χ0v) is 21.0. The van der Waals surface area contributed by atoms with Crippen LogP contribution >= 0.6 is 11.6 Å². The molecule has 0 atom stereocenters. The number of hydrogen-bond acceptors (Lipinski definition) is 5. The number of anilines is 2. The van der Waals surface area contributed by atoms with Gasteiger partial charge in [-0.3, -0.25) is 9.59 Å². The maximum absolute atomic E-state index is 14.0. The fraction of sp³-hybridized carbons (Fsp3) is 0.240. The van der Waals surface area contributed by atoms with Gasteiger partial charge in [0, 0.05) is 11.2 Å². The van der Waals surface area contributed by atoms with Gasteiger partial charge in [-0.15, -0.1) is 0 Å². The lowest BCUT2D eigenvalue weighted by atomic mass is 9.84. The molecule has 2 aromatic carbocycles. The molecule has 0 aliphatic carbocycles. The van der Waals surface area contributed by atoms with Crippen LogP contribution in [0.5, 0.6) is 0 Å². The van der Waals surface area contributed by atoms with Crippen LogP contribution in [0, 0.1) is 5.82 Å². The Labute approximate surface area is 208 Å². The number of sulfone groups is 1. The third kappa shape index (κ3) is 6.43. The molecule has 1 heterocycles. The minimum absolute atomic E-state index is 0.00442. The van der Waals surface area contributed by atoms with Crippen LogP contribution in [0.3, 0.4) is 0 Å². The van der Waals surface area contributed by atoms with E-state index >= 15 is 0 Å². The molecular weight excluding hydrogens is 493 g/mol. The van der Waals surface area contributed by atoms with Crippen LogP contribution in [-0.2, 0) is 31.3 Å². The summed E-state index contributed by atoms with van der Waals surface area (Å²) >= 11 is 5.89. The van der Waals surface area contributed by atoms with Crippen molar-refractivity contribution in [2.24, 2.45) is 0 Å². The number of amides is 2. The highest BCUT2D eigenvalue weighted by atomic mass is 35.5. The molecule has 10 heteroatoms. The predicted octanol–water partition coefficient (Wildman–Crippen LogP) is 4.77. The maximum atomic E-state index is 14.0. The van der Waals surface area contributed by atoms with Crippen LogP contribution in [0.1, 0.15) is 31.9 Å². The lowest BCUT2D eigenvalue weighted by Crippen LogP contribution is -2.35. The van der Waals surface area contributed by atoms with Crippen molar-refractivity contribution >= 4 is 44.8 Å². The Morgan fingerprint density at radius 3 is 2.31 bits per heavy atom. The molecule has 0 unspecified atom stereocenters. The number of hydrogen-bond donors (Lipinski definition) is 2. The smallest absolute Gasteiger partial charge is 0.234 e. The Bertz CT molecular complexity index is 1340. The van der Waals surface area contributed by atoms with Crippen LogP contribution in [0.2, 0.25) is 5.02 Å². The topological polar surface area (TPSA) is 105 Å². The Balaban J connectivity index is 1.64. The molecule has 0 bridgehead atoms. The lowest BCUT2D eigenvalue weighted by molar-refractivity contribution is -0.120. The average molecular weight is 518 g/mol. The number of carbonyl (C=O) groups excluding carboxylic acids is 2. The summed E-state index contributed by atoms with van der Waals surface area (Å²) in [5.41, 5.74) is 0.140. The number of carbonyl (C=O) groups is 2. The molecule has 0 aliphatic heterocycles. The second-order valence-corrected chi connectivity index (χ2v) is 11.1. The molecule has 3 aromatic rings. The van der Waals surface area contributed by atoms with Gasteiger partial charge in [0.2, 0.25) is 11.8 Å². The van der Waals surface area contributed by atoms with E-state index < -0.39 is 27.0 Å². The van der Waals surface area contributed by atoms with Gasteiger partial charge in [-0.25, -0.2) is 17.8 Å². The molecule has 0 fully saturated rings. The standard InChI is InChI=1S/C25H25ClFN3O4S/c1-4-35(33,34)19-9-5-16(6-10-19)13-23(31)30-22-12-7-17(15-28-22)25(2,3)24(32)29-21-14-18(26)8-11-20(21)27/h5-12,14-15H,4,13H2,1-3H3,(H,29,32)(H,28,30,31). The number of pyridine rings is 1. The second-order valence-electron chi connectivity index (χ2n) is 8.41. The van der Waals surface area contributed by atoms with Gasteiger partial charge in [0.15, 0.2) is 9.84 Å². The fourth-order valence-electron chi connectivity index (χ4n) is 3.19. The summed E-state index contributed by atoms with van der Waals surface area (Å²) in [5.74, 6) is -1.09. The summed E-state index contributed by atoms with van der Waals surface area (Å²) in [4.78, 5) is 29.6. The Kier molecular flexibility index (Phi) is 7.92. The van der Waals surface area contributed by atoms with Crippen molar-refractivity contribution in [2.75, 3.05) is 16.4 Å². The van der Waals surface area contributed by atoms with Crippen LogP contribution in [-0.4, -0.2) is 31.0 Å². The molecule has 1 aromatic heterocycles. The fourth-order valence-corrected chi connectivity index (χ4v) is 4.25. The Morgan fingerprint density at radius 1 is 1.03 bits per heavy atom. The van der Waals surface area contributed by atoms with E-state index in [4.69, 9.17) is 11.6 Å². The third-order valence-corrected chi connectivity index (χ3v) is 7.51. The minimum Gasteiger partial charge on any atom is -0.323 e. The number of aromatic nitrogens is 1. The van der Waals surface area contributed by atoms with E-state index in [1.807, 2.05) is 0 Å². The summed E-state index contributed by atoms with van der Waals surface area (Å²) in [6, 6.07) is 13.3. The number of halogens is 2. The second kappa shape index (κ2) is 10.5. The highest BCUT2D eigenvalue weighted by molar-refractivity contribution is 7.91. The Morgan fingerprint density at radius 2 is 1.71 bits per heavy atom. The average Bonchev–Trinajstić information content (AvgIpc) is 2.82. The van der Waals surface area contributed by atoms with E-state index in [9.17, 15) is 22.4 Å². The van der Waals surface area contributed by atoms with Gasteiger partial charge in [-0.2, -0.15) is 0 Å². The minimum atomic E-state index is -3.30. The molecule has 0 radical (unpaired) electrons. The molecule has 0 saturated heterocycles. The summed E-state index contributed by atoms with van der Waals surface area (Å²) in [6.07, 6.45) is 1.50. The van der Waals surface area contributed by atoms with Crippen LogP contribution in [0.15, 0.2) is 65.7 Å². The lowest BCUT2D eigenvalue weighted by Gasteiger charge is -2.24. The molecule has 0 aliphatic rings. The zero-order chi connectivity index (χ0) is 25.8. The van der Waals surface area contributed by atoms with Crippen molar-refractivity contribution in [3.8, 4) is 0 Å². The summed E-state index contributed by atoms with van der Waals surface area (Å²) in [6.45, 7) is 4.91. The van der Waals surface area contributed by atoms with Gasteiger partial charge in [-0.1, -0.05) is 36.7 Å². The van der Waals surface area contributed by atoms with E-state index in [1.54, 1.807) is 45.0 Å². The number of nitrogens with zero attached hydrogens (tertiary/aromatic N) is 1. The SMILES string of the molecule is CCS(=O)(=O)c1ccc(CC(=O)Nc2ccc(C(C)(C)C(=O)Nc3cc(Cl)ccc3F)cn2)cc1. The molecule has 184 valence electrons. The van der Waals surface area contributed by atoms with Gasteiger partial charge in [0.25, 0.3) is 0 Å². The molecule has 2 N–H and O–H groups in total. The van der Waals surface area contributed by atoms with Gasteiger partial charge < -0.3 is 10.6 Å². The molecule has 3 rings (SSSR count). The quantitative estimate of drug-likeness (QED) is 0.448. The van der Waals surface area contributed by atoms with Crippen LogP contribution < -0.4 is 10.6 Å². The third-order valence-electron chi connectivity index (χ3n) is 5.52. The van der Waals surface area contributed by atoms with E-state index in [0.29, 0.717) is 22.0 Å². The van der Waals surface area contributed by atoms with Crippen LogP contribution in [0.4, 0.5) is 15.9 Å². The van der Waals surface area contributed by atoms with Crippen molar-refractivity contribution < 1.29 is 22.4 Å². The molecule has 0 spiro atoms. The number of benzene rings is 2. The van der Waals surface area contributed by atoms with Crippen LogP contribution in [0.25, 0.3) is 0 Å². The molecule has 0 saturated carbocycles. The first-order valence-electron chi connectivity index (χ1n) is 10.8. The first-order valence-corrected chi connectivity index (χ1v) is 12.8. The largest absolute Gasteiger partial charge is 0.323 e. The molecule has 2 amide bonds. The summed E-state index contributed by atoms with van der Waals surface area (Å²) in [5, 5.41) is 5.52. The van der Waals surface area contributed by atoms with E-state index in [1.165, 1.54) is 36.5 Å². The van der Waals surface area contributed by atoms with Crippen molar-refractivity contribution in [2.45, 2.75) is 37.5 Å². The molecule has 7 nitrogen and oxygen atoms in total. The number of rotatable bonds is 8. The summed E-state index contributed by atoms with van der Waals surface area (Å²) < 4.78 is 37.8. The first kappa shape index (κ1) is 26.3. The van der Waals surface area contributed by atoms with E-state index in [2.05, 4.69) is 15.6 Å². The van der Waals surface area contributed by atoms with E-state index in [0.717, 1.165) is 0 Å². The predicted molar refractivity (Wildman–Crippen MR) is 134 cm³/mol.